The number of hydrogen-bond donors (Lipinski definition) is 6. The third kappa shape index (κ3) is 27.6. The molecule has 0 saturated carbocycles. The second-order valence-corrected chi connectivity index (χ2v) is 28.8. The van der Waals surface area contributed by atoms with Crippen LogP contribution in [0.2, 0.25) is 0 Å². The summed E-state index contributed by atoms with van der Waals surface area (Å²) < 4.78 is 173. The Balaban J connectivity index is 0.000000175. The number of nitrogens with one attached hydrogen (secondary N) is 6. The Morgan fingerprint density at radius 1 is 0.487 bits per heavy atom. The first-order valence-corrected chi connectivity index (χ1v) is 36.8. The zero-order valence-corrected chi connectivity index (χ0v) is 62.9. The van der Waals surface area contributed by atoms with Crippen molar-refractivity contribution in [2.24, 2.45) is 0 Å². The van der Waals surface area contributed by atoms with E-state index in [1.807, 2.05) is 5.01 Å². The van der Waals surface area contributed by atoms with Gasteiger partial charge < -0.3 is 5.32 Å². The highest BCUT2D eigenvalue weighted by atomic mass is 32.2. The van der Waals surface area contributed by atoms with Crippen molar-refractivity contribution in [1.82, 2.24) is 111 Å². The van der Waals surface area contributed by atoms with E-state index in [-0.39, 0.29) is 64.0 Å². The van der Waals surface area contributed by atoms with Gasteiger partial charge in [-0.05, 0) is 171 Å². The highest BCUT2D eigenvalue weighted by Crippen LogP contribution is 2.37. The second kappa shape index (κ2) is 38.2. The van der Waals surface area contributed by atoms with E-state index in [4.69, 9.17) is 0 Å². The summed E-state index contributed by atoms with van der Waals surface area (Å²) in [5.41, 5.74) is 14.3. The molecule has 4 aromatic carbocycles. The lowest BCUT2D eigenvalue weighted by Gasteiger charge is -2.19. The molecular formula is C74H75F12N23O5S. The highest BCUT2D eigenvalue weighted by molar-refractivity contribution is 8.00. The highest BCUT2D eigenvalue weighted by Gasteiger charge is 2.35. The Bertz CT molecular complexity index is 5270. The number of alkyl halides is 12. The molecule has 2 unspecified atom stereocenters. The maximum Gasteiger partial charge on any atom is 0.416 e. The van der Waals surface area contributed by atoms with Crippen molar-refractivity contribution in [3.8, 4) is 45.6 Å². The van der Waals surface area contributed by atoms with Crippen LogP contribution in [0, 0.1) is 41.5 Å². The van der Waals surface area contributed by atoms with E-state index in [9.17, 15) is 76.1 Å². The predicted octanol–water partition coefficient (Wildman–Crippen LogP) is 11.6. The van der Waals surface area contributed by atoms with Gasteiger partial charge in [-0.25, -0.2) is 59.1 Å². The van der Waals surface area contributed by atoms with Crippen LogP contribution in [0.25, 0.3) is 70.4 Å². The lowest BCUT2D eigenvalue weighted by atomic mass is 10.1. The number of halogens is 12. The van der Waals surface area contributed by atoms with Crippen LogP contribution in [0.4, 0.5) is 58.5 Å². The molecule has 6 N–H and O–H groups in total. The zero-order valence-electron chi connectivity index (χ0n) is 62.1. The molecule has 10 aromatic rings. The first kappa shape index (κ1) is 86.3. The van der Waals surface area contributed by atoms with E-state index < -0.39 is 74.2 Å². The van der Waals surface area contributed by atoms with Crippen LogP contribution in [-0.2, 0) is 59.9 Å². The van der Waals surface area contributed by atoms with Crippen molar-refractivity contribution in [2.75, 3.05) is 30.0 Å². The molecule has 0 bridgehead atoms. The van der Waals surface area contributed by atoms with Gasteiger partial charge in [0, 0.05) is 126 Å². The summed E-state index contributed by atoms with van der Waals surface area (Å²) in [5.74, 6) is 4.45. The molecule has 28 nitrogen and oxygen atoms in total. The summed E-state index contributed by atoms with van der Waals surface area (Å²) in [6, 6.07) is 16.0. The molecule has 4 amide bonds. The monoisotopic (exact) mass is 1630 g/mol. The SMILES string of the molecule is C=S1(=O)CCC(NNC(=O)/C=C\n2cnc(-c3cc(C)cc(C(F)(F)F)c3)n2)C1.Cc1cc(-c2ncn(/C=C/C(=O)NCc3cnccn3)n2)cc(C(F)(F)F)c1.Cc1cc(-c2ncn(/C=C\C(=O)NN3CCCCCC3)n2)cc(C(F)(F)F)c1.Cc1cc(-c2ncn(/C=C\C(=O)NNc3cc(C)nc(C)n3)n2)cc(C(F)(F)F)c1. The van der Waals surface area contributed by atoms with Crippen molar-refractivity contribution in [1.29, 1.82) is 0 Å². The molecule has 2 aliphatic heterocycles. The molecule has 0 radical (unpaired) electrons. The van der Waals surface area contributed by atoms with E-state index in [0.29, 0.717) is 57.5 Å². The number of amides is 4. The minimum Gasteiger partial charge on any atom is -0.347 e. The molecule has 0 aliphatic carbocycles. The molecule has 0 spiro atoms. The standard InChI is InChI=1S/C19H18F3N7O.C19H22F3N5O.C18H15F3N6O.C18H20F3N5O2S/c1-11-6-14(9-15(7-11)19(20,21)22)18-23-10-29(28-18)5-4-17(30)27-26-16-8-12(2)24-13(3)25-16;1-14-10-15(12-16(11-14)19(20,21)22)18-23-13-27(25-18)9-6-17(28)24-26-7-4-2-3-5-8-26;1-12-6-13(8-14(7-12)18(19,20)21)17-25-11-27(26-17)5-2-16(28)24-10-15-9-22-3-4-23-15;1-12-7-13(9-14(8-12)18(19,20)21)17-22-11-26(25-17)5-3-16(27)24-23-15-4-6-29(2,28)10-15/h4-10H,1-3H3,(H,27,30)(H,24,25,26);6,9-13H,2-5,7-8H2,1H3,(H,24,28);2-9,11H,10H2,1H3,(H,24,28);3,5,7-9,11,15,23H,2,4,6,10H2,1H3,(H,24,27)/b5-4-;9-6-;5-2+;5-3-. The summed E-state index contributed by atoms with van der Waals surface area (Å²) in [5, 5.41) is 20.9. The molecule has 2 fully saturated rings. The number of benzene rings is 4. The minimum atomic E-state index is -4.46. The smallest absolute Gasteiger partial charge is 0.347 e. The fraction of sp³-hybridized carbons (Fsp3) is 0.284. The zero-order chi connectivity index (χ0) is 83.4. The van der Waals surface area contributed by atoms with Gasteiger partial charge in [0.2, 0.25) is 5.91 Å². The number of carbonyl (C=O) groups is 4. The van der Waals surface area contributed by atoms with Crippen LogP contribution in [0.3, 0.4) is 0 Å². The third-order valence-electron chi connectivity index (χ3n) is 16.2. The van der Waals surface area contributed by atoms with Crippen molar-refractivity contribution >= 4 is 69.6 Å². The van der Waals surface area contributed by atoms with Gasteiger partial charge >= 0.3 is 24.7 Å². The molecule has 8 heterocycles. The average molecular weight is 1630 g/mol. The van der Waals surface area contributed by atoms with Gasteiger partial charge in [-0.1, -0.05) is 12.8 Å². The summed E-state index contributed by atoms with van der Waals surface area (Å²) in [6.45, 7) is 11.7. The Morgan fingerprint density at radius 3 is 1.24 bits per heavy atom. The third-order valence-corrected chi connectivity index (χ3v) is 18.1. The molecule has 606 valence electrons. The minimum absolute atomic E-state index is 0.0977. The molecule has 2 saturated heterocycles. The van der Waals surface area contributed by atoms with E-state index in [0.717, 1.165) is 80.2 Å². The summed E-state index contributed by atoms with van der Waals surface area (Å²) in [6.07, 6.45) is 7.43. The van der Waals surface area contributed by atoms with E-state index in [1.165, 1.54) is 125 Å². The summed E-state index contributed by atoms with van der Waals surface area (Å²) >= 11 is 0. The molecule has 2 atom stereocenters. The molecule has 2 aliphatic rings. The fourth-order valence-corrected chi connectivity index (χ4v) is 12.9. The van der Waals surface area contributed by atoms with Gasteiger partial charge in [0.1, 0.15) is 37.0 Å². The Hall–Kier alpha value is -12.7. The Kier molecular flexibility index (Phi) is 28.7. The van der Waals surface area contributed by atoms with Crippen molar-refractivity contribution in [3.05, 3.63) is 209 Å². The number of aryl methyl sites for hydroxylation is 6. The largest absolute Gasteiger partial charge is 0.416 e. The van der Waals surface area contributed by atoms with Crippen molar-refractivity contribution < 1.29 is 76.1 Å². The molecule has 115 heavy (non-hydrogen) atoms. The lowest BCUT2D eigenvalue weighted by Crippen LogP contribution is -2.44. The van der Waals surface area contributed by atoms with Gasteiger partial charge in [0.15, 0.2) is 23.3 Å². The van der Waals surface area contributed by atoms with E-state index in [1.54, 1.807) is 71.9 Å². The maximum atomic E-state index is 13.0. The van der Waals surface area contributed by atoms with E-state index >= 15 is 0 Å². The average Bonchev–Trinajstić information content (AvgIpc) is 1.81. The summed E-state index contributed by atoms with van der Waals surface area (Å²) in [4.78, 5) is 79.9. The van der Waals surface area contributed by atoms with Crippen LogP contribution in [0.15, 0.2) is 147 Å². The number of carbonyl (C=O) groups excluding carboxylic acids is 4. The normalized spacial score (nSPS) is 15.5. The maximum absolute atomic E-state index is 13.0. The number of aromatic nitrogens is 16. The van der Waals surface area contributed by atoms with Crippen LogP contribution >= 0.6 is 0 Å². The number of rotatable bonds is 19. The van der Waals surface area contributed by atoms with Gasteiger partial charge in [0.25, 0.3) is 17.7 Å². The van der Waals surface area contributed by atoms with Crippen LogP contribution in [-0.4, -0.2) is 148 Å². The van der Waals surface area contributed by atoms with Crippen LogP contribution in [0.5, 0.6) is 0 Å². The summed E-state index contributed by atoms with van der Waals surface area (Å²) in [7, 11) is -2.06. The van der Waals surface area contributed by atoms with Crippen LogP contribution < -0.4 is 32.4 Å². The van der Waals surface area contributed by atoms with Gasteiger partial charge in [-0.15, -0.1) is 20.4 Å². The van der Waals surface area contributed by atoms with Gasteiger partial charge in [-0.3, -0.25) is 55.1 Å². The quantitative estimate of drug-likeness (QED) is 0.0190. The van der Waals surface area contributed by atoms with Crippen molar-refractivity contribution in [3.63, 3.8) is 0 Å². The van der Waals surface area contributed by atoms with Gasteiger partial charge in [-0.2, -0.15) is 52.7 Å². The predicted molar refractivity (Wildman–Crippen MR) is 402 cm³/mol. The molecule has 6 aromatic heterocycles. The van der Waals surface area contributed by atoms with Crippen LogP contribution in [0.1, 0.15) is 93.8 Å². The second-order valence-electron chi connectivity index (χ2n) is 26.1. The van der Waals surface area contributed by atoms with Crippen molar-refractivity contribution in [2.45, 2.75) is 111 Å². The number of anilines is 1. The molecular weight excluding hydrogens is 1550 g/mol. The van der Waals surface area contributed by atoms with E-state index in [2.05, 4.69) is 98.6 Å². The topological polar surface area (TPSA) is 335 Å². The number of hydrazine groups is 3. The Labute approximate surface area is 649 Å². The first-order valence-electron chi connectivity index (χ1n) is 34.7. The lowest BCUT2D eigenvalue weighted by molar-refractivity contribution is -0.138. The molecule has 12 rings (SSSR count). The number of nitrogens with zero attached hydrogens (tertiary/aromatic N) is 17. The molecule has 41 heteroatoms. The fourth-order valence-electron chi connectivity index (χ4n) is 11.0. The first-order chi connectivity index (χ1) is 54.2. The van der Waals surface area contributed by atoms with Gasteiger partial charge in [0.05, 0.1) is 40.7 Å². The Morgan fingerprint density at radius 2 is 0.878 bits per heavy atom. The number of hydrogen-bond acceptors (Lipinski definition) is 20.